The molecule has 0 aromatic heterocycles. The highest BCUT2D eigenvalue weighted by Crippen LogP contribution is 2.09. The fraction of sp³-hybridized carbons (Fsp3) is 0.333. The second-order valence-electron chi connectivity index (χ2n) is 6.76. The molecule has 2 aromatic carbocycles. The Balaban J connectivity index is 1.78. The Bertz CT molecular complexity index is 945. The first-order chi connectivity index (χ1) is 14.3. The van der Waals surface area contributed by atoms with E-state index >= 15 is 0 Å². The van der Waals surface area contributed by atoms with E-state index in [-0.39, 0.29) is 30.0 Å². The molecule has 1 atom stereocenters. The number of aryl methyl sites for hydroxylation is 1. The van der Waals surface area contributed by atoms with Crippen molar-refractivity contribution < 1.29 is 17.9 Å². The molecule has 0 aliphatic rings. The molecular weight excluding hydrogens is 404 g/mol. The van der Waals surface area contributed by atoms with Gasteiger partial charge in [0.1, 0.15) is 12.6 Å². The van der Waals surface area contributed by atoms with Crippen molar-refractivity contribution in [2.45, 2.75) is 37.3 Å². The largest absolute Gasteiger partial charge is 0.460 e. The molecule has 9 heteroatoms. The van der Waals surface area contributed by atoms with E-state index in [0.29, 0.717) is 12.8 Å². The second kappa shape index (κ2) is 11.3. The number of esters is 1. The van der Waals surface area contributed by atoms with E-state index in [9.17, 15) is 13.2 Å². The van der Waals surface area contributed by atoms with Gasteiger partial charge in [0.05, 0.1) is 4.90 Å². The monoisotopic (exact) mass is 432 g/mol. The third-order valence-corrected chi connectivity index (χ3v) is 5.73. The van der Waals surface area contributed by atoms with Gasteiger partial charge in [-0.2, -0.15) is 0 Å². The molecule has 0 fully saturated rings. The maximum absolute atomic E-state index is 12.3. The van der Waals surface area contributed by atoms with E-state index in [0.717, 1.165) is 11.1 Å². The molecule has 0 saturated heterocycles. The summed E-state index contributed by atoms with van der Waals surface area (Å²) in [5.74, 6) is -0.540. The molecule has 0 aliphatic carbocycles. The van der Waals surface area contributed by atoms with Gasteiger partial charge in [-0.3, -0.25) is 9.79 Å². The summed E-state index contributed by atoms with van der Waals surface area (Å²) in [4.78, 5) is 16.4. The summed E-state index contributed by atoms with van der Waals surface area (Å²) in [6, 6.07) is 15.4. The number of aliphatic imine (C=N–C) groups is 1. The Hall–Kier alpha value is -2.91. The number of rotatable bonds is 10. The maximum Gasteiger partial charge on any atom is 0.323 e. The lowest BCUT2D eigenvalue weighted by molar-refractivity contribution is -0.147. The highest BCUT2D eigenvalue weighted by Gasteiger charge is 2.18. The average Bonchev–Trinajstić information content (AvgIpc) is 2.73. The standard InChI is InChI=1S/C21H28N4O4S/c1-16-10-12-18(13-11-16)30(27,28)25-21(22)24-14-6-9-19(23-2)20(26)29-15-17-7-4-3-5-8-17/h3-5,7-8,10-13,19,23H,6,9,14-15H2,1-2H3,(H3,22,24,25)/t19-/m0/s1. The maximum atomic E-state index is 12.3. The number of nitrogens with one attached hydrogen (secondary N) is 2. The highest BCUT2D eigenvalue weighted by atomic mass is 32.2. The van der Waals surface area contributed by atoms with Crippen molar-refractivity contribution in [3.63, 3.8) is 0 Å². The fourth-order valence-corrected chi connectivity index (χ4v) is 3.60. The van der Waals surface area contributed by atoms with E-state index in [1.54, 1.807) is 19.2 Å². The van der Waals surface area contributed by atoms with Gasteiger partial charge in [0.15, 0.2) is 0 Å². The van der Waals surface area contributed by atoms with Gasteiger partial charge in [-0.05, 0) is 44.5 Å². The van der Waals surface area contributed by atoms with Gasteiger partial charge < -0.3 is 15.8 Å². The number of sulfonamides is 1. The highest BCUT2D eigenvalue weighted by molar-refractivity contribution is 7.90. The first kappa shape index (κ1) is 23.4. The van der Waals surface area contributed by atoms with Crippen molar-refractivity contribution in [2.75, 3.05) is 13.6 Å². The molecule has 0 unspecified atom stereocenters. The molecule has 30 heavy (non-hydrogen) atoms. The van der Waals surface area contributed by atoms with Crippen molar-refractivity contribution in [1.82, 2.24) is 10.0 Å². The SMILES string of the molecule is CN[C@@H](CCCN=C(N)NS(=O)(=O)c1ccc(C)cc1)C(=O)OCc1ccccc1. The average molecular weight is 433 g/mol. The van der Waals surface area contributed by atoms with Crippen molar-refractivity contribution >= 4 is 22.0 Å². The lowest BCUT2D eigenvalue weighted by atomic mass is 10.1. The molecule has 0 saturated carbocycles. The zero-order valence-corrected chi connectivity index (χ0v) is 18.0. The minimum absolute atomic E-state index is 0.114. The summed E-state index contributed by atoms with van der Waals surface area (Å²) >= 11 is 0. The van der Waals surface area contributed by atoms with Gasteiger partial charge in [-0.15, -0.1) is 0 Å². The van der Waals surface area contributed by atoms with Crippen LogP contribution in [0.2, 0.25) is 0 Å². The van der Waals surface area contributed by atoms with Gasteiger partial charge in [0, 0.05) is 6.54 Å². The van der Waals surface area contributed by atoms with E-state index in [4.69, 9.17) is 10.5 Å². The van der Waals surface area contributed by atoms with Crippen molar-refractivity contribution in [1.29, 1.82) is 0 Å². The van der Waals surface area contributed by atoms with Crippen molar-refractivity contribution in [3.05, 3.63) is 65.7 Å². The topological polar surface area (TPSA) is 123 Å². The number of nitrogens with two attached hydrogens (primary N) is 1. The lowest BCUT2D eigenvalue weighted by Gasteiger charge is -2.15. The summed E-state index contributed by atoms with van der Waals surface area (Å²) in [5.41, 5.74) is 7.57. The second-order valence-corrected chi connectivity index (χ2v) is 8.44. The van der Waals surface area contributed by atoms with Gasteiger partial charge in [-0.1, -0.05) is 48.0 Å². The van der Waals surface area contributed by atoms with Gasteiger partial charge in [-0.25, -0.2) is 13.1 Å². The Morgan fingerprint density at radius 2 is 1.80 bits per heavy atom. The molecule has 0 spiro atoms. The number of hydrogen-bond donors (Lipinski definition) is 3. The van der Waals surface area contributed by atoms with E-state index in [1.807, 2.05) is 37.3 Å². The number of carbonyl (C=O) groups is 1. The zero-order valence-electron chi connectivity index (χ0n) is 17.2. The number of nitrogens with zero attached hydrogens (tertiary/aromatic N) is 1. The number of hydrogen-bond acceptors (Lipinski definition) is 6. The lowest BCUT2D eigenvalue weighted by Crippen LogP contribution is -2.37. The Labute approximate surface area is 177 Å². The number of carbonyl (C=O) groups excluding carboxylic acids is 1. The molecule has 0 bridgehead atoms. The molecule has 4 N–H and O–H groups in total. The summed E-state index contributed by atoms with van der Waals surface area (Å²) < 4.78 is 32.1. The quantitative estimate of drug-likeness (QED) is 0.227. The molecule has 0 aliphatic heterocycles. The van der Waals surface area contributed by atoms with Gasteiger partial charge in [0.25, 0.3) is 10.0 Å². The van der Waals surface area contributed by atoms with Gasteiger partial charge >= 0.3 is 5.97 Å². The van der Waals surface area contributed by atoms with Crippen LogP contribution in [-0.4, -0.2) is 40.0 Å². The van der Waals surface area contributed by atoms with E-state index < -0.39 is 16.1 Å². The molecule has 0 heterocycles. The molecule has 0 radical (unpaired) electrons. The smallest absolute Gasteiger partial charge is 0.323 e. The number of likely N-dealkylation sites (N-methyl/N-ethyl adjacent to an activating group) is 1. The Morgan fingerprint density at radius 1 is 1.13 bits per heavy atom. The third-order valence-electron chi connectivity index (χ3n) is 4.36. The summed E-state index contributed by atoms with van der Waals surface area (Å²) in [5, 5.41) is 2.92. The molecule has 2 aromatic rings. The van der Waals surface area contributed by atoms with Crippen LogP contribution in [0, 0.1) is 6.92 Å². The van der Waals surface area contributed by atoms with Crippen LogP contribution in [0.5, 0.6) is 0 Å². The van der Waals surface area contributed by atoms with Crippen LogP contribution >= 0.6 is 0 Å². The number of guanidine groups is 1. The summed E-state index contributed by atoms with van der Waals surface area (Å²) in [6.07, 6.45) is 1.00. The van der Waals surface area contributed by atoms with E-state index in [2.05, 4.69) is 15.0 Å². The number of benzene rings is 2. The molecule has 0 amide bonds. The summed E-state index contributed by atoms with van der Waals surface area (Å²) in [7, 11) is -2.09. The first-order valence-corrected chi connectivity index (χ1v) is 11.1. The normalized spacial score (nSPS) is 12.9. The summed E-state index contributed by atoms with van der Waals surface area (Å²) in [6.45, 7) is 2.35. The van der Waals surface area contributed by atoms with Crippen LogP contribution < -0.4 is 15.8 Å². The minimum atomic E-state index is -3.77. The Kier molecular flexibility index (Phi) is 8.82. The van der Waals surface area contributed by atoms with Crippen LogP contribution in [0.4, 0.5) is 0 Å². The minimum Gasteiger partial charge on any atom is -0.460 e. The number of ether oxygens (including phenoxy) is 1. The fourth-order valence-electron chi connectivity index (χ4n) is 2.65. The molecule has 8 nitrogen and oxygen atoms in total. The van der Waals surface area contributed by atoms with Crippen molar-refractivity contribution in [2.24, 2.45) is 10.7 Å². The van der Waals surface area contributed by atoms with E-state index in [1.165, 1.54) is 12.1 Å². The van der Waals surface area contributed by atoms with Crippen LogP contribution in [0.3, 0.4) is 0 Å². The van der Waals surface area contributed by atoms with Gasteiger partial charge in [0.2, 0.25) is 5.96 Å². The third kappa shape index (κ3) is 7.49. The van der Waals surface area contributed by atoms with Crippen LogP contribution in [0.1, 0.15) is 24.0 Å². The molecular formula is C21H28N4O4S. The first-order valence-electron chi connectivity index (χ1n) is 9.59. The Morgan fingerprint density at radius 3 is 2.43 bits per heavy atom. The van der Waals surface area contributed by atoms with Crippen LogP contribution in [-0.2, 0) is 26.2 Å². The van der Waals surface area contributed by atoms with Crippen molar-refractivity contribution in [3.8, 4) is 0 Å². The molecule has 162 valence electrons. The predicted octanol–water partition coefficient (Wildman–Crippen LogP) is 1.70. The molecule has 2 rings (SSSR count). The zero-order chi connectivity index (χ0) is 22.0. The van der Waals surface area contributed by atoms with Crippen LogP contribution in [0.15, 0.2) is 64.5 Å². The predicted molar refractivity (Wildman–Crippen MR) is 116 cm³/mol. The van der Waals surface area contributed by atoms with Crippen LogP contribution in [0.25, 0.3) is 0 Å².